The van der Waals surface area contributed by atoms with Gasteiger partial charge in [-0.3, -0.25) is 0 Å². The molecule has 15 heavy (non-hydrogen) atoms. The lowest BCUT2D eigenvalue weighted by Gasteiger charge is -2.16. The van der Waals surface area contributed by atoms with Gasteiger partial charge in [0.15, 0.2) is 0 Å². The Morgan fingerprint density at radius 2 is 2.07 bits per heavy atom. The van der Waals surface area contributed by atoms with Crippen LogP contribution < -0.4 is 5.32 Å². The lowest BCUT2D eigenvalue weighted by Crippen LogP contribution is -2.30. The highest BCUT2D eigenvalue weighted by Gasteiger charge is 2.05. The first-order chi connectivity index (χ1) is 7.36. The smallest absolute Gasteiger partial charge is 0.0937 e. The van der Waals surface area contributed by atoms with E-state index in [1.54, 1.807) is 11.3 Å². The van der Waals surface area contributed by atoms with Gasteiger partial charge in [0, 0.05) is 30.6 Å². The molecule has 1 rings (SSSR count). The van der Waals surface area contributed by atoms with Crippen LogP contribution in [0.2, 0.25) is 0 Å². The summed E-state index contributed by atoms with van der Waals surface area (Å²) >= 11 is 1.75. The number of hydrogen-bond donors (Lipinski definition) is 1. The zero-order valence-electron chi connectivity index (χ0n) is 9.83. The van der Waals surface area contributed by atoms with Gasteiger partial charge >= 0.3 is 0 Å². The van der Waals surface area contributed by atoms with Crippen LogP contribution in [0.3, 0.4) is 0 Å². The number of nitrogens with zero attached hydrogens (tertiary/aromatic N) is 1. The summed E-state index contributed by atoms with van der Waals surface area (Å²) in [6.07, 6.45) is 8.10. The van der Waals surface area contributed by atoms with E-state index in [-0.39, 0.29) is 0 Å². The van der Waals surface area contributed by atoms with Crippen molar-refractivity contribution in [2.75, 3.05) is 6.54 Å². The second kappa shape index (κ2) is 7.83. The van der Waals surface area contributed by atoms with Crippen molar-refractivity contribution in [2.24, 2.45) is 0 Å². The minimum Gasteiger partial charge on any atom is -0.314 e. The second-order valence-corrected chi connectivity index (χ2v) is 4.88. The minimum absolute atomic E-state index is 0.708. The average molecular weight is 226 g/mol. The van der Waals surface area contributed by atoms with Crippen molar-refractivity contribution in [3.63, 3.8) is 0 Å². The molecule has 0 aliphatic carbocycles. The zero-order chi connectivity index (χ0) is 10.9. The van der Waals surface area contributed by atoms with Crippen LogP contribution in [0.5, 0.6) is 0 Å². The molecule has 0 amide bonds. The highest BCUT2D eigenvalue weighted by Crippen LogP contribution is 2.06. The summed E-state index contributed by atoms with van der Waals surface area (Å²) in [5, 5.41) is 6.92. The van der Waals surface area contributed by atoms with E-state index in [4.69, 9.17) is 0 Å². The number of thiazole rings is 1. The Balaban J connectivity index is 2.15. The Kier molecular flexibility index (Phi) is 6.60. The van der Waals surface area contributed by atoms with Gasteiger partial charge in [-0.2, -0.15) is 0 Å². The van der Waals surface area contributed by atoms with Crippen LogP contribution in [0.4, 0.5) is 0 Å². The largest absolute Gasteiger partial charge is 0.314 e. The number of rotatable bonds is 8. The van der Waals surface area contributed by atoms with Crippen LogP contribution in [0.1, 0.15) is 44.5 Å². The van der Waals surface area contributed by atoms with Crippen molar-refractivity contribution < 1.29 is 0 Å². The highest BCUT2D eigenvalue weighted by atomic mass is 32.1. The quantitative estimate of drug-likeness (QED) is 0.736. The Labute approximate surface area is 97.1 Å². The Bertz CT molecular complexity index is 228. The monoisotopic (exact) mass is 226 g/mol. The number of nitrogens with one attached hydrogen (secondary N) is 1. The van der Waals surface area contributed by atoms with E-state index < -0.39 is 0 Å². The molecule has 0 bridgehead atoms. The van der Waals surface area contributed by atoms with E-state index in [0.29, 0.717) is 6.04 Å². The second-order valence-electron chi connectivity index (χ2n) is 3.90. The Hall–Kier alpha value is -0.410. The molecule has 0 saturated carbocycles. The first-order valence-electron chi connectivity index (χ1n) is 5.98. The van der Waals surface area contributed by atoms with Crippen molar-refractivity contribution in [1.29, 1.82) is 0 Å². The van der Waals surface area contributed by atoms with E-state index in [2.05, 4.69) is 24.1 Å². The molecule has 0 fully saturated rings. The molecule has 0 saturated heterocycles. The van der Waals surface area contributed by atoms with Crippen LogP contribution >= 0.6 is 11.3 Å². The third kappa shape index (κ3) is 5.28. The lowest BCUT2D eigenvalue weighted by molar-refractivity contribution is 0.447. The van der Waals surface area contributed by atoms with Crippen molar-refractivity contribution in [3.05, 3.63) is 16.6 Å². The zero-order valence-corrected chi connectivity index (χ0v) is 10.6. The van der Waals surface area contributed by atoms with Gasteiger partial charge in [0.05, 0.1) is 5.01 Å². The maximum atomic E-state index is 4.28. The first-order valence-corrected chi connectivity index (χ1v) is 6.86. The van der Waals surface area contributed by atoms with Gasteiger partial charge in [0.2, 0.25) is 0 Å². The van der Waals surface area contributed by atoms with Gasteiger partial charge in [-0.25, -0.2) is 4.98 Å². The van der Waals surface area contributed by atoms with Crippen molar-refractivity contribution in [1.82, 2.24) is 10.3 Å². The molecule has 0 spiro atoms. The molecule has 0 aliphatic heterocycles. The fourth-order valence-corrected chi connectivity index (χ4v) is 2.43. The average Bonchev–Trinajstić information content (AvgIpc) is 2.71. The van der Waals surface area contributed by atoms with E-state index in [1.807, 2.05) is 11.6 Å². The molecule has 0 atom stereocenters. The van der Waals surface area contributed by atoms with Crippen molar-refractivity contribution in [3.8, 4) is 0 Å². The Morgan fingerprint density at radius 1 is 1.33 bits per heavy atom. The maximum Gasteiger partial charge on any atom is 0.0937 e. The van der Waals surface area contributed by atoms with E-state index in [0.717, 1.165) is 13.0 Å². The summed E-state index contributed by atoms with van der Waals surface area (Å²) in [4.78, 5) is 4.28. The van der Waals surface area contributed by atoms with Crippen LogP contribution in [0.15, 0.2) is 11.6 Å². The topological polar surface area (TPSA) is 24.9 Å². The van der Waals surface area contributed by atoms with E-state index in [1.165, 1.54) is 30.7 Å². The summed E-state index contributed by atoms with van der Waals surface area (Å²) in [7, 11) is 0. The third-order valence-corrected chi connectivity index (χ3v) is 3.37. The molecule has 0 aliphatic rings. The molecular weight excluding hydrogens is 204 g/mol. The molecule has 1 N–H and O–H groups in total. The molecule has 2 nitrogen and oxygen atoms in total. The Morgan fingerprint density at radius 3 is 2.60 bits per heavy atom. The number of hydrogen-bond acceptors (Lipinski definition) is 3. The fourth-order valence-electron chi connectivity index (χ4n) is 1.81. The van der Waals surface area contributed by atoms with Crippen LogP contribution in [0, 0.1) is 0 Å². The van der Waals surface area contributed by atoms with Crippen molar-refractivity contribution in [2.45, 2.75) is 52.0 Å². The van der Waals surface area contributed by atoms with Gasteiger partial charge < -0.3 is 5.32 Å². The summed E-state index contributed by atoms with van der Waals surface area (Å²) in [5.41, 5.74) is 0. The number of aromatic nitrogens is 1. The molecule has 1 aromatic rings. The van der Waals surface area contributed by atoms with Crippen molar-refractivity contribution >= 4 is 11.3 Å². The fraction of sp³-hybridized carbons (Fsp3) is 0.750. The normalized spacial score (nSPS) is 11.1. The SMILES string of the molecule is CCCC(CCC)NCCc1nccs1. The van der Waals surface area contributed by atoms with Gasteiger partial charge in [-0.15, -0.1) is 11.3 Å². The molecule has 3 heteroatoms. The molecule has 1 aromatic heterocycles. The van der Waals surface area contributed by atoms with Gasteiger partial charge in [0.25, 0.3) is 0 Å². The standard InChI is InChI=1S/C12H22N2S/c1-3-5-11(6-4-2)13-8-7-12-14-9-10-15-12/h9-11,13H,3-8H2,1-2H3. The third-order valence-electron chi connectivity index (χ3n) is 2.53. The summed E-state index contributed by atoms with van der Waals surface area (Å²) in [5.74, 6) is 0. The summed E-state index contributed by atoms with van der Waals surface area (Å²) in [6, 6.07) is 0.708. The predicted octanol–water partition coefficient (Wildman–Crippen LogP) is 3.24. The predicted molar refractivity (Wildman–Crippen MR) is 67.4 cm³/mol. The van der Waals surface area contributed by atoms with E-state index >= 15 is 0 Å². The molecular formula is C12H22N2S. The molecule has 0 aromatic carbocycles. The summed E-state index contributed by atoms with van der Waals surface area (Å²) in [6.45, 7) is 5.58. The van der Waals surface area contributed by atoms with Crippen LogP contribution in [0.25, 0.3) is 0 Å². The van der Waals surface area contributed by atoms with Gasteiger partial charge in [-0.05, 0) is 12.8 Å². The molecule has 86 valence electrons. The summed E-state index contributed by atoms with van der Waals surface area (Å²) < 4.78 is 0. The lowest BCUT2D eigenvalue weighted by atomic mass is 10.1. The van der Waals surface area contributed by atoms with E-state index in [9.17, 15) is 0 Å². The molecule has 0 unspecified atom stereocenters. The van der Waals surface area contributed by atoms with Crippen LogP contribution in [-0.2, 0) is 6.42 Å². The van der Waals surface area contributed by atoms with Gasteiger partial charge in [0.1, 0.15) is 0 Å². The highest BCUT2D eigenvalue weighted by molar-refractivity contribution is 7.09. The molecule has 0 radical (unpaired) electrons. The first kappa shape index (κ1) is 12.7. The van der Waals surface area contributed by atoms with Gasteiger partial charge in [-0.1, -0.05) is 26.7 Å². The molecule has 1 heterocycles. The minimum atomic E-state index is 0.708. The van der Waals surface area contributed by atoms with Crippen LogP contribution in [-0.4, -0.2) is 17.6 Å². The maximum absolute atomic E-state index is 4.28.